The first-order chi connectivity index (χ1) is 17.1. The molecule has 2 aromatic carbocycles. The van der Waals surface area contributed by atoms with Crippen LogP contribution in [0, 0.1) is 5.92 Å². The molecule has 1 aromatic heterocycles. The quantitative estimate of drug-likeness (QED) is 0.399. The summed E-state index contributed by atoms with van der Waals surface area (Å²) in [5.74, 6) is -2.12. The van der Waals surface area contributed by atoms with Gasteiger partial charge in [0.05, 0.1) is 17.7 Å². The Balaban J connectivity index is 1.38. The molecule has 0 spiro atoms. The van der Waals surface area contributed by atoms with Crippen LogP contribution in [0.25, 0.3) is 10.9 Å². The van der Waals surface area contributed by atoms with Crippen molar-refractivity contribution in [1.29, 1.82) is 0 Å². The van der Waals surface area contributed by atoms with Crippen LogP contribution in [0.3, 0.4) is 0 Å². The predicted molar refractivity (Wildman–Crippen MR) is 131 cm³/mol. The molecule has 4 rings (SSSR count). The van der Waals surface area contributed by atoms with E-state index in [-0.39, 0.29) is 38.1 Å². The van der Waals surface area contributed by atoms with Crippen LogP contribution >= 0.6 is 23.2 Å². The lowest BCUT2D eigenvalue weighted by molar-refractivity contribution is -0.186. The van der Waals surface area contributed by atoms with E-state index in [0.29, 0.717) is 34.0 Å². The number of rotatable bonds is 7. The van der Waals surface area contributed by atoms with E-state index >= 15 is 0 Å². The third-order valence-corrected chi connectivity index (χ3v) is 6.92. The van der Waals surface area contributed by atoms with E-state index in [1.54, 1.807) is 48.7 Å². The molecule has 3 aromatic rings. The van der Waals surface area contributed by atoms with Crippen LogP contribution in [-0.2, 0) is 9.53 Å². The SMILES string of the molecule is O=C(NC(COCC1CCN(C(=O)C(F)(F)F)CC1)c1ccccc1Cl)c1ccc2c(Cl)c[nH]c2c1. The molecule has 0 aliphatic carbocycles. The number of likely N-dealkylation sites (tertiary alicyclic amines) is 1. The second-order valence-corrected chi connectivity index (χ2v) is 9.53. The van der Waals surface area contributed by atoms with Gasteiger partial charge in [-0.05, 0) is 42.5 Å². The van der Waals surface area contributed by atoms with Crippen molar-refractivity contribution in [3.8, 4) is 0 Å². The van der Waals surface area contributed by atoms with Gasteiger partial charge in [-0.3, -0.25) is 9.59 Å². The molecule has 192 valence electrons. The molecule has 6 nitrogen and oxygen atoms in total. The topological polar surface area (TPSA) is 74.4 Å². The Bertz CT molecular complexity index is 1240. The van der Waals surface area contributed by atoms with Gasteiger partial charge in [-0.2, -0.15) is 13.2 Å². The van der Waals surface area contributed by atoms with Crippen molar-refractivity contribution in [2.45, 2.75) is 25.1 Å². The highest BCUT2D eigenvalue weighted by molar-refractivity contribution is 6.35. The molecular formula is C25H24Cl2F3N3O3. The average molecular weight is 542 g/mol. The minimum atomic E-state index is -4.86. The third kappa shape index (κ3) is 6.14. The number of nitrogens with zero attached hydrogens (tertiary/aromatic N) is 1. The van der Waals surface area contributed by atoms with E-state index in [1.807, 2.05) is 0 Å². The zero-order valence-corrected chi connectivity index (χ0v) is 20.6. The maximum atomic E-state index is 13.1. The number of hydrogen-bond acceptors (Lipinski definition) is 3. The Labute approximate surface area is 215 Å². The van der Waals surface area contributed by atoms with E-state index in [0.717, 1.165) is 15.8 Å². The number of fused-ring (bicyclic) bond motifs is 1. The Hall–Kier alpha value is -2.75. The van der Waals surface area contributed by atoms with Crippen molar-refractivity contribution in [3.63, 3.8) is 0 Å². The molecule has 11 heteroatoms. The smallest absolute Gasteiger partial charge is 0.379 e. The fraction of sp³-hybridized carbons (Fsp3) is 0.360. The van der Waals surface area contributed by atoms with Gasteiger partial charge in [0.15, 0.2) is 0 Å². The standard InChI is InChI=1S/C25H24Cl2F3N3O3/c26-19-4-2-1-3-17(19)22(32-23(34)16-5-6-18-20(27)12-31-21(18)11-16)14-36-13-15-7-9-33(10-8-15)24(35)25(28,29)30/h1-6,11-12,15,22,31H,7-10,13-14H2,(H,32,34). The maximum Gasteiger partial charge on any atom is 0.471 e. The molecule has 2 amide bonds. The number of H-pyrrole nitrogens is 1. The van der Waals surface area contributed by atoms with Crippen LogP contribution in [-0.4, -0.2) is 54.2 Å². The van der Waals surface area contributed by atoms with Crippen LogP contribution < -0.4 is 5.32 Å². The summed E-state index contributed by atoms with van der Waals surface area (Å²) in [5, 5.41) is 4.81. The fourth-order valence-corrected chi connectivity index (χ4v) is 4.76. The molecule has 0 radical (unpaired) electrons. The summed E-state index contributed by atoms with van der Waals surface area (Å²) in [6.07, 6.45) is -2.40. The summed E-state index contributed by atoms with van der Waals surface area (Å²) >= 11 is 12.5. The number of alkyl halides is 3. The highest BCUT2D eigenvalue weighted by atomic mass is 35.5. The van der Waals surface area contributed by atoms with Crippen LogP contribution in [0.1, 0.15) is 34.8 Å². The summed E-state index contributed by atoms with van der Waals surface area (Å²) in [5.41, 5.74) is 1.84. The molecule has 1 aliphatic heterocycles. The molecule has 2 heterocycles. The molecule has 0 bridgehead atoms. The zero-order chi connectivity index (χ0) is 25.9. The molecule has 2 N–H and O–H groups in total. The van der Waals surface area contributed by atoms with Crippen molar-refractivity contribution >= 4 is 45.9 Å². The van der Waals surface area contributed by atoms with Crippen molar-refractivity contribution in [3.05, 3.63) is 69.8 Å². The van der Waals surface area contributed by atoms with E-state index in [2.05, 4.69) is 10.3 Å². The molecule has 1 aliphatic rings. The summed E-state index contributed by atoms with van der Waals surface area (Å²) in [6.45, 7) is 0.468. The number of benzene rings is 2. The van der Waals surface area contributed by atoms with Gasteiger partial charge >= 0.3 is 12.1 Å². The number of aromatic amines is 1. The highest BCUT2D eigenvalue weighted by Crippen LogP contribution is 2.27. The van der Waals surface area contributed by atoms with Crippen LogP contribution in [0.5, 0.6) is 0 Å². The number of amides is 2. The van der Waals surface area contributed by atoms with Gasteiger partial charge in [0.25, 0.3) is 5.91 Å². The number of aromatic nitrogens is 1. The van der Waals surface area contributed by atoms with Gasteiger partial charge in [-0.1, -0.05) is 47.5 Å². The Morgan fingerprint density at radius 2 is 1.83 bits per heavy atom. The first-order valence-electron chi connectivity index (χ1n) is 11.4. The van der Waals surface area contributed by atoms with E-state index < -0.39 is 18.1 Å². The van der Waals surface area contributed by atoms with Crippen molar-refractivity contribution < 1.29 is 27.5 Å². The number of hydrogen-bond donors (Lipinski definition) is 2. The first kappa shape index (κ1) is 26.3. The fourth-order valence-electron chi connectivity index (χ4n) is 4.28. The Kier molecular flexibility index (Phi) is 8.12. The van der Waals surface area contributed by atoms with E-state index in [9.17, 15) is 22.8 Å². The predicted octanol–water partition coefficient (Wildman–Crippen LogP) is 5.76. The molecule has 1 fully saturated rings. The summed E-state index contributed by atoms with van der Waals surface area (Å²) < 4.78 is 43.9. The molecular weight excluding hydrogens is 518 g/mol. The lowest BCUT2D eigenvalue weighted by atomic mass is 9.97. The first-order valence-corrected chi connectivity index (χ1v) is 12.1. The van der Waals surface area contributed by atoms with Gasteiger partial charge in [0, 0.05) is 47.4 Å². The number of ether oxygens (including phenoxy) is 1. The molecule has 0 saturated carbocycles. The van der Waals surface area contributed by atoms with Crippen LogP contribution in [0.2, 0.25) is 10.0 Å². The van der Waals surface area contributed by atoms with Crippen LogP contribution in [0.4, 0.5) is 13.2 Å². The molecule has 1 unspecified atom stereocenters. The second-order valence-electron chi connectivity index (χ2n) is 8.72. The van der Waals surface area contributed by atoms with E-state index in [1.165, 1.54) is 0 Å². The lowest BCUT2D eigenvalue weighted by Crippen LogP contribution is -2.45. The van der Waals surface area contributed by atoms with E-state index in [4.69, 9.17) is 27.9 Å². The number of carbonyl (C=O) groups excluding carboxylic acids is 2. The Morgan fingerprint density at radius 1 is 1.11 bits per heavy atom. The van der Waals surface area contributed by atoms with Crippen molar-refractivity contribution in [1.82, 2.24) is 15.2 Å². The average Bonchev–Trinajstić information content (AvgIpc) is 3.23. The normalized spacial score (nSPS) is 15.8. The van der Waals surface area contributed by atoms with Gasteiger partial charge in [-0.15, -0.1) is 0 Å². The second kappa shape index (κ2) is 11.1. The van der Waals surface area contributed by atoms with Gasteiger partial charge < -0.3 is 19.9 Å². The maximum absolute atomic E-state index is 13.1. The number of carbonyl (C=O) groups is 2. The largest absolute Gasteiger partial charge is 0.471 e. The number of piperidine rings is 1. The summed E-state index contributed by atoms with van der Waals surface area (Å²) in [4.78, 5) is 28.3. The van der Waals surface area contributed by atoms with Gasteiger partial charge in [0.1, 0.15) is 0 Å². The highest BCUT2D eigenvalue weighted by Gasteiger charge is 2.43. The van der Waals surface area contributed by atoms with Crippen molar-refractivity contribution in [2.75, 3.05) is 26.3 Å². The minimum absolute atomic E-state index is 0.00455. The third-order valence-electron chi connectivity index (χ3n) is 6.26. The summed E-state index contributed by atoms with van der Waals surface area (Å²) in [6, 6.07) is 11.7. The Morgan fingerprint density at radius 3 is 2.53 bits per heavy atom. The molecule has 1 saturated heterocycles. The monoisotopic (exact) mass is 541 g/mol. The minimum Gasteiger partial charge on any atom is -0.379 e. The molecule has 36 heavy (non-hydrogen) atoms. The van der Waals surface area contributed by atoms with Gasteiger partial charge in [-0.25, -0.2) is 0 Å². The lowest BCUT2D eigenvalue weighted by Gasteiger charge is -2.32. The zero-order valence-electron chi connectivity index (χ0n) is 19.1. The number of halogens is 5. The van der Waals surface area contributed by atoms with Crippen LogP contribution in [0.15, 0.2) is 48.7 Å². The summed E-state index contributed by atoms with van der Waals surface area (Å²) in [7, 11) is 0. The van der Waals surface area contributed by atoms with Crippen molar-refractivity contribution in [2.24, 2.45) is 5.92 Å². The van der Waals surface area contributed by atoms with Gasteiger partial charge in [0.2, 0.25) is 0 Å². The molecule has 1 atom stereocenters. The number of nitrogens with one attached hydrogen (secondary N) is 2.